The van der Waals surface area contributed by atoms with Gasteiger partial charge in [0.1, 0.15) is 0 Å². The van der Waals surface area contributed by atoms with Crippen LogP contribution < -0.4 is 5.32 Å². The normalized spacial score (nSPS) is 15.8. The number of hydrogen-bond acceptors (Lipinski definition) is 3. The van der Waals surface area contributed by atoms with E-state index in [2.05, 4.69) is 38.1 Å². The minimum atomic E-state index is -0.387. The second-order valence-electron chi connectivity index (χ2n) is 5.81. The summed E-state index contributed by atoms with van der Waals surface area (Å²) in [5, 5.41) is 17.2. The van der Waals surface area contributed by atoms with Gasteiger partial charge in [-0.3, -0.25) is 4.68 Å². The summed E-state index contributed by atoms with van der Waals surface area (Å²) in [5.41, 5.74) is 0.305. The van der Waals surface area contributed by atoms with Gasteiger partial charge in [-0.1, -0.05) is 27.7 Å². The number of rotatable bonds is 6. The van der Waals surface area contributed by atoms with Crippen LogP contribution in [0.4, 0.5) is 0 Å². The molecule has 0 saturated carbocycles. The van der Waals surface area contributed by atoms with Gasteiger partial charge in [0.25, 0.3) is 0 Å². The van der Waals surface area contributed by atoms with Gasteiger partial charge >= 0.3 is 0 Å². The monoisotopic (exact) mass is 239 g/mol. The molecule has 2 unspecified atom stereocenters. The Bertz CT molecular complexity index is 303. The van der Waals surface area contributed by atoms with E-state index >= 15 is 0 Å². The highest BCUT2D eigenvalue weighted by atomic mass is 16.3. The van der Waals surface area contributed by atoms with E-state index < -0.39 is 0 Å². The molecular formula is C13H25N3O. The van der Waals surface area contributed by atoms with Crippen LogP contribution in [0.1, 0.15) is 27.7 Å². The Morgan fingerprint density at radius 2 is 2.06 bits per heavy atom. The van der Waals surface area contributed by atoms with E-state index in [-0.39, 0.29) is 6.10 Å². The maximum absolute atomic E-state index is 9.81. The second-order valence-corrected chi connectivity index (χ2v) is 5.81. The lowest BCUT2D eigenvalue weighted by Gasteiger charge is -2.27. The first-order chi connectivity index (χ1) is 7.89. The molecular weight excluding hydrogens is 214 g/mol. The standard InChI is InChI=1S/C13H25N3O/c1-11(13(2,3)4)8-14-9-12(17)10-16-7-5-6-15-16/h5-7,11-12,14,17H,8-10H2,1-4H3. The summed E-state index contributed by atoms with van der Waals surface area (Å²) in [6.45, 7) is 11.0. The van der Waals surface area contributed by atoms with Gasteiger partial charge in [0, 0.05) is 18.9 Å². The number of aliphatic hydroxyl groups is 1. The Labute approximate surface area is 104 Å². The van der Waals surface area contributed by atoms with Crippen LogP contribution in [0, 0.1) is 11.3 Å². The quantitative estimate of drug-likeness (QED) is 0.791. The Kier molecular flexibility index (Phi) is 5.15. The summed E-state index contributed by atoms with van der Waals surface area (Å²) < 4.78 is 1.75. The number of nitrogens with zero attached hydrogens (tertiary/aromatic N) is 2. The highest BCUT2D eigenvalue weighted by Crippen LogP contribution is 2.24. The first kappa shape index (κ1) is 14.2. The highest BCUT2D eigenvalue weighted by molar-refractivity contribution is 4.79. The minimum Gasteiger partial charge on any atom is -0.390 e. The molecule has 4 nitrogen and oxygen atoms in total. The fraction of sp³-hybridized carbons (Fsp3) is 0.769. The summed E-state index contributed by atoms with van der Waals surface area (Å²) >= 11 is 0. The smallest absolute Gasteiger partial charge is 0.0860 e. The van der Waals surface area contributed by atoms with Crippen molar-refractivity contribution < 1.29 is 5.11 Å². The third kappa shape index (κ3) is 5.33. The number of hydrogen-bond donors (Lipinski definition) is 2. The lowest BCUT2D eigenvalue weighted by atomic mass is 9.82. The lowest BCUT2D eigenvalue weighted by molar-refractivity contribution is 0.141. The first-order valence-corrected chi connectivity index (χ1v) is 6.26. The molecule has 1 aromatic heterocycles. The van der Waals surface area contributed by atoms with Gasteiger partial charge in [-0.15, -0.1) is 0 Å². The fourth-order valence-corrected chi connectivity index (χ4v) is 1.46. The third-order valence-corrected chi connectivity index (χ3v) is 3.27. The average molecular weight is 239 g/mol. The minimum absolute atomic E-state index is 0.305. The van der Waals surface area contributed by atoms with Crippen molar-refractivity contribution >= 4 is 0 Å². The third-order valence-electron chi connectivity index (χ3n) is 3.27. The topological polar surface area (TPSA) is 50.1 Å². The van der Waals surface area contributed by atoms with Gasteiger partial charge in [-0.25, -0.2) is 0 Å². The molecule has 0 aromatic carbocycles. The maximum Gasteiger partial charge on any atom is 0.0860 e. The van der Waals surface area contributed by atoms with Crippen LogP contribution in [0.15, 0.2) is 18.5 Å². The van der Waals surface area contributed by atoms with Crippen molar-refractivity contribution in [3.8, 4) is 0 Å². The highest BCUT2D eigenvalue weighted by Gasteiger charge is 2.19. The van der Waals surface area contributed by atoms with E-state index in [0.717, 1.165) is 6.54 Å². The summed E-state index contributed by atoms with van der Waals surface area (Å²) in [6.07, 6.45) is 3.20. The average Bonchev–Trinajstić information content (AvgIpc) is 2.68. The zero-order valence-electron chi connectivity index (χ0n) is 11.3. The molecule has 1 rings (SSSR count). The Morgan fingerprint density at radius 1 is 1.35 bits per heavy atom. The van der Waals surface area contributed by atoms with E-state index in [1.54, 1.807) is 10.9 Å². The SMILES string of the molecule is CC(CNCC(O)Cn1cccn1)C(C)(C)C. The van der Waals surface area contributed by atoms with E-state index in [9.17, 15) is 5.11 Å². The molecule has 0 fully saturated rings. The van der Waals surface area contributed by atoms with E-state index in [1.165, 1.54) is 0 Å². The zero-order valence-corrected chi connectivity index (χ0v) is 11.3. The van der Waals surface area contributed by atoms with Crippen molar-refractivity contribution in [1.29, 1.82) is 0 Å². The molecule has 98 valence electrons. The predicted molar refractivity (Wildman–Crippen MR) is 69.7 cm³/mol. The Hall–Kier alpha value is -0.870. The van der Waals surface area contributed by atoms with E-state index in [4.69, 9.17) is 0 Å². The molecule has 2 atom stereocenters. The van der Waals surface area contributed by atoms with Crippen molar-refractivity contribution in [2.24, 2.45) is 11.3 Å². The van der Waals surface area contributed by atoms with Crippen molar-refractivity contribution in [3.63, 3.8) is 0 Å². The van der Waals surface area contributed by atoms with Gasteiger partial charge in [0.15, 0.2) is 0 Å². The van der Waals surface area contributed by atoms with E-state index in [1.807, 2.05) is 12.3 Å². The summed E-state index contributed by atoms with van der Waals surface area (Å²) in [7, 11) is 0. The molecule has 0 aliphatic rings. The molecule has 0 amide bonds. The molecule has 0 aliphatic carbocycles. The van der Waals surface area contributed by atoms with Gasteiger partial charge in [-0.05, 0) is 23.9 Å². The molecule has 2 N–H and O–H groups in total. The molecule has 0 radical (unpaired) electrons. The molecule has 0 aliphatic heterocycles. The Morgan fingerprint density at radius 3 is 2.59 bits per heavy atom. The maximum atomic E-state index is 9.81. The number of aromatic nitrogens is 2. The van der Waals surface area contributed by atoms with Gasteiger partial charge in [0.05, 0.1) is 12.6 Å². The van der Waals surface area contributed by atoms with Crippen LogP contribution in [-0.2, 0) is 6.54 Å². The van der Waals surface area contributed by atoms with Crippen molar-refractivity contribution in [2.45, 2.75) is 40.3 Å². The molecule has 1 heterocycles. The molecule has 17 heavy (non-hydrogen) atoms. The Balaban J connectivity index is 2.18. The molecule has 1 aromatic rings. The summed E-state index contributed by atoms with van der Waals surface area (Å²) in [5.74, 6) is 0.583. The zero-order chi connectivity index (χ0) is 12.9. The van der Waals surface area contributed by atoms with E-state index in [0.29, 0.717) is 24.4 Å². The van der Waals surface area contributed by atoms with Crippen LogP contribution in [0.3, 0.4) is 0 Å². The van der Waals surface area contributed by atoms with Crippen molar-refractivity contribution in [2.75, 3.05) is 13.1 Å². The summed E-state index contributed by atoms with van der Waals surface area (Å²) in [4.78, 5) is 0. The van der Waals surface area contributed by atoms with Crippen LogP contribution in [0.25, 0.3) is 0 Å². The van der Waals surface area contributed by atoms with Crippen molar-refractivity contribution in [3.05, 3.63) is 18.5 Å². The molecule has 0 bridgehead atoms. The van der Waals surface area contributed by atoms with Crippen molar-refractivity contribution in [1.82, 2.24) is 15.1 Å². The first-order valence-electron chi connectivity index (χ1n) is 6.26. The van der Waals surface area contributed by atoms with Crippen LogP contribution in [0.5, 0.6) is 0 Å². The van der Waals surface area contributed by atoms with Gasteiger partial charge in [-0.2, -0.15) is 5.10 Å². The predicted octanol–water partition coefficient (Wildman–Crippen LogP) is 1.52. The second kappa shape index (κ2) is 6.17. The van der Waals surface area contributed by atoms with Gasteiger partial charge in [0.2, 0.25) is 0 Å². The molecule has 0 spiro atoms. The van der Waals surface area contributed by atoms with Crippen LogP contribution in [-0.4, -0.2) is 34.1 Å². The molecule has 4 heteroatoms. The molecule has 0 saturated heterocycles. The lowest BCUT2D eigenvalue weighted by Crippen LogP contribution is -2.36. The number of nitrogens with one attached hydrogen (secondary N) is 1. The number of aliphatic hydroxyl groups excluding tert-OH is 1. The summed E-state index contributed by atoms with van der Waals surface area (Å²) in [6, 6.07) is 1.86. The van der Waals surface area contributed by atoms with Crippen LogP contribution in [0.2, 0.25) is 0 Å². The largest absolute Gasteiger partial charge is 0.390 e. The van der Waals surface area contributed by atoms with Crippen LogP contribution >= 0.6 is 0 Å². The van der Waals surface area contributed by atoms with Gasteiger partial charge < -0.3 is 10.4 Å². The fourth-order valence-electron chi connectivity index (χ4n) is 1.46.